The highest BCUT2D eigenvalue weighted by Gasteiger charge is 2.18. The molecular formula is C11H11N3O4S. The highest BCUT2D eigenvalue weighted by molar-refractivity contribution is 7.89. The van der Waals surface area contributed by atoms with Gasteiger partial charge < -0.3 is 4.42 Å². The molecule has 0 saturated heterocycles. The van der Waals surface area contributed by atoms with Crippen LogP contribution in [0.15, 0.2) is 33.9 Å². The zero-order valence-corrected chi connectivity index (χ0v) is 10.8. The van der Waals surface area contributed by atoms with Crippen molar-refractivity contribution in [3.8, 4) is 0 Å². The molecule has 0 aliphatic heterocycles. The van der Waals surface area contributed by atoms with E-state index in [9.17, 15) is 13.2 Å². The molecule has 0 atom stereocenters. The first-order chi connectivity index (χ1) is 9.01. The number of furan rings is 1. The lowest BCUT2D eigenvalue weighted by Gasteiger charge is -2.04. The van der Waals surface area contributed by atoms with Crippen molar-refractivity contribution in [2.45, 2.75) is 18.6 Å². The molecule has 0 aliphatic rings. The van der Waals surface area contributed by atoms with Gasteiger partial charge in [-0.25, -0.2) is 23.1 Å². The average Bonchev–Trinajstić information content (AvgIpc) is 2.86. The van der Waals surface area contributed by atoms with Gasteiger partial charge in [-0.3, -0.25) is 4.79 Å². The molecule has 0 aromatic carbocycles. The van der Waals surface area contributed by atoms with Crippen LogP contribution in [0, 0.1) is 6.92 Å². The fourth-order valence-electron chi connectivity index (χ4n) is 1.39. The molecule has 0 amide bonds. The number of sulfonamides is 1. The minimum absolute atomic E-state index is 0.0167. The normalized spacial score (nSPS) is 11.4. The van der Waals surface area contributed by atoms with Crippen molar-refractivity contribution in [3.05, 3.63) is 41.7 Å². The Morgan fingerprint density at radius 3 is 2.79 bits per heavy atom. The standard InChI is InChI=1S/C11H11N3O4S/c1-8-12-5-4-9(14-8)6-13-19(16,17)11-3-2-10(7-15)18-11/h2-5,7,13H,6H2,1H3. The molecule has 0 fully saturated rings. The van der Waals surface area contributed by atoms with Crippen molar-refractivity contribution in [1.29, 1.82) is 0 Å². The minimum atomic E-state index is -3.80. The number of rotatable bonds is 5. The summed E-state index contributed by atoms with van der Waals surface area (Å²) in [7, 11) is -3.80. The largest absolute Gasteiger partial charge is 0.440 e. The SMILES string of the molecule is Cc1nccc(CNS(=O)(=O)c2ccc(C=O)o2)n1. The highest BCUT2D eigenvalue weighted by Crippen LogP contribution is 2.12. The highest BCUT2D eigenvalue weighted by atomic mass is 32.2. The molecule has 7 nitrogen and oxygen atoms in total. The summed E-state index contributed by atoms with van der Waals surface area (Å²) in [5, 5.41) is -0.305. The number of carbonyl (C=O) groups excluding carboxylic acids is 1. The van der Waals surface area contributed by atoms with Crippen LogP contribution in [0.5, 0.6) is 0 Å². The third-order valence-corrected chi connectivity index (χ3v) is 3.53. The fraction of sp³-hybridized carbons (Fsp3) is 0.182. The number of nitrogens with zero attached hydrogens (tertiary/aromatic N) is 2. The Balaban J connectivity index is 2.11. The van der Waals surface area contributed by atoms with Crippen molar-refractivity contribution in [2.75, 3.05) is 0 Å². The number of hydrogen-bond donors (Lipinski definition) is 1. The molecule has 0 unspecified atom stereocenters. The van der Waals surface area contributed by atoms with Crippen molar-refractivity contribution in [2.24, 2.45) is 0 Å². The summed E-state index contributed by atoms with van der Waals surface area (Å²) in [5.74, 6) is 0.510. The van der Waals surface area contributed by atoms with E-state index >= 15 is 0 Å². The van der Waals surface area contributed by atoms with Gasteiger partial charge in [0.1, 0.15) is 5.82 Å². The number of nitrogens with one attached hydrogen (secondary N) is 1. The van der Waals surface area contributed by atoms with E-state index in [2.05, 4.69) is 14.7 Å². The Morgan fingerprint density at radius 2 is 2.16 bits per heavy atom. The van der Waals surface area contributed by atoms with Gasteiger partial charge in [-0.05, 0) is 25.1 Å². The summed E-state index contributed by atoms with van der Waals surface area (Å²) in [4.78, 5) is 18.4. The van der Waals surface area contributed by atoms with E-state index in [4.69, 9.17) is 4.42 Å². The summed E-state index contributed by atoms with van der Waals surface area (Å²) >= 11 is 0. The lowest BCUT2D eigenvalue weighted by molar-refractivity contribution is 0.109. The van der Waals surface area contributed by atoms with Crippen LogP contribution in [0.25, 0.3) is 0 Å². The zero-order valence-electron chi connectivity index (χ0n) is 10.0. The summed E-state index contributed by atoms with van der Waals surface area (Å²) < 4.78 is 30.9. The third-order valence-electron chi connectivity index (χ3n) is 2.26. The van der Waals surface area contributed by atoms with Crippen LogP contribution in [0.3, 0.4) is 0 Å². The van der Waals surface area contributed by atoms with Gasteiger partial charge in [0.2, 0.25) is 5.09 Å². The molecule has 0 bridgehead atoms. The van der Waals surface area contributed by atoms with Crippen LogP contribution in [0.1, 0.15) is 22.1 Å². The molecule has 0 radical (unpaired) electrons. The van der Waals surface area contributed by atoms with Crippen LogP contribution in [0.4, 0.5) is 0 Å². The second kappa shape index (κ2) is 5.29. The number of hydrogen-bond acceptors (Lipinski definition) is 6. The Hall–Kier alpha value is -2.06. The molecule has 0 spiro atoms. The number of aryl methyl sites for hydroxylation is 1. The lowest BCUT2D eigenvalue weighted by Crippen LogP contribution is -2.23. The molecular weight excluding hydrogens is 270 g/mol. The molecule has 2 heterocycles. The molecule has 0 saturated carbocycles. The molecule has 1 N–H and O–H groups in total. The van der Waals surface area contributed by atoms with Crippen molar-refractivity contribution < 1.29 is 17.6 Å². The first-order valence-corrected chi connectivity index (χ1v) is 6.83. The van der Waals surface area contributed by atoms with E-state index in [1.807, 2.05) is 0 Å². The van der Waals surface area contributed by atoms with E-state index in [0.29, 0.717) is 17.8 Å². The van der Waals surface area contributed by atoms with Gasteiger partial charge in [-0.15, -0.1) is 0 Å². The predicted octanol–water partition coefficient (Wildman–Crippen LogP) is 0.669. The maximum absolute atomic E-state index is 11.9. The van der Waals surface area contributed by atoms with Crippen molar-refractivity contribution >= 4 is 16.3 Å². The third kappa shape index (κ3) is 3.24. The second-order valence-corrected chi connectivity index (χ2v) is 5.39. The number of carbonyl (C=O) groups is 1. The Bertz CT molecular complexity index is 693. The minimum Gasteiger partial charge on any atom is -0.440 e. The predicted molar refractivity (Wildman–Crippen MR) is 64.9 cm³/mol. The number of aldehydes is 1. The maximum Gasteiger partial charge on any atom is 0.274 e. The summed E-state index contributed by atoms with van der Waals surface area (Å²) in [6, 6.07) is 4.11. The van der Waals surface area contributed by atoms with Crippen LogP contribution in [0.2, 0.25) is 0 Å². The quantitative estimate of drug-likeness (QED) is 0.808. The smallest absolute Gasteiger partial charge is 0.274 e. The lowest BCUT2D eigenvalue weighted by atomic mass is 10.4. The molecule has 19 heavy (non-hydrogen) atoms. The van der Waals surface area contributed by atoms with E-state index in [1.165, 1.54) is 12.1 Å². The van der Waals surface area contributed by atoms with Crippen LogP contribution in [-0.2, 0) is 16.6 Å². The van der Waals surface area contributed by atoms with Gasteiger partial charge in [0, 0.05) is 6.20 Å². The van der Waals surface area contributed by atoms with Crippen LogP contribution >= 0.6 is 0 Å². The van der Waals surface area contributed by atoms with E-state index < -0.39 is 10.0 Å². The summed E-state index contributed by atoms with van der Waals surface area (Å²) in [6.07, 6.45) is 1.98. The van der Waals surface area contributed by atoms with E-state index in [0.717, 1.165) is 0 Å². The summed E-state index contributed by atoms with van der Waals surface area (Å²) in [6.45, 7) is 1.73. The van der Waals surface area contributed by atoms with Gasteiger partial charge in [-0.1, -0.05) is 0 Å². The second-order valence-electron chi connectivity index (χ2n) is 3.69. The molecule has 0 aliphatic carbocycles. The average molecular weight is 281 g/mol. The molecule has 2 aromatic rings. The molecule has 100 valence electrons. The fourth-order valence-corrected chi connectivity index (χ4v) is 2.32. The molecule has 8 heteroatoms. The van der Waals surface area contributed by atoms with Crippen LogP contribution in [-0.4, -0.2) is 24.7 Å². The Morgan fingerprint density at radius 1 is 1.37 bits per heavy atom. The van der Waals surface area contributed by atoms with Gasteiger partial charge in [0.15, 0.2) is 12.0 Å². The summed E-state index contributed by atoms with van der Waals surface area (Å²) in [5.41, 5.74) is 0.540. The van der Waals surface area contributed by atoms with Gasteiger partial charge >= 0.3 is 0 Å². The van der Waals surface area contributed by atoms with Gasteiger partial charge in [0.25, 0.3) is 10.0 Å². The topological polar surface area (TPSA) is 102 Å². The van der Waals surface area contributed by atoms with Crippen molar-refractivity contribution in [1.82, 2.24) is 14.7 Å². The Kier molecular flexibility index (Phi) is 3.72. The van der Waals surface area contributed by atoms with Gasteiger partial charge in [0.05, 0.1) is 12.2 Å². The zero-order chi connectivity index (χ0) is 13.9. The molecule has 2 aromatic heterocycles. The monoisotopic (exact) mass is 281 g/mol. The van der Waals surface area contributed by atoms with Crippen molar-refractivity contribution in [3.63, 3.8) is 0 Å². The first-order valence-electron chi connectivity index (χ1n) is 5.34. The maximum atomic E-state index is 11.9. The number of aromatic nitrogens is 2. The van der Waals surface area contributed by atoms with E-state index in [1.54, 1.807) is 19.2 Å². The van der Waals surface area contributed by atoms with Gasteiger partial charge in [-0.2, -0.15) is 0 Å². The molecule has 2 rings (SSSR count). The first kappa shape index (κ1) is 13.4. The Labute approximate surface area is 109 Å². The van der Waals surface area contributed by atoms with E-state index in [-0.39, 0.29) is 17.4 Å². The van der Waals surface area contributed by atoms with Crippen LogP contribution < -0.4 is 4.72 Å².